The second-order valence-electron chi connectivity index (χ2n) is 6.83. The summed E-state index contributed by atoms with van der Waals surface area (Å²) in [5.74, 6) is -1.24. The number of amides is 3. The van der Waals surface area contributed by atoms with Gasteiger partial charge in [0.1, 0.15) is 11.0 Å². The molecule has 1 fully saturated rings. The zero-order chi connectivity index (χ0) is 18.8. The number of rotatable bonds is 6. The number of aromatic nitrogens is 2. The van der Waals surface area contributed by atoms with E-state index in [-0.39, 0.29) is 23.7 Å². The van der Waals surface area contributed by atoms with Crippen LogP contribution in [0, 0.1) is 11.8 Å². The number of fused-ring (bicyclic) bond motifs is 1. The molecule has 2 heterocycles. The molecule has 1 saturated heterocycles. The van der Waals surface area contributed by atoms with Crippen molar-refractivity contribution in [1.82, 2.24) is 15.1 Å². The van der Waals surface area contributed by atoms with Gasteiger partial charge in [0.15, 0.2) is 0 Å². The Morgan fingerprint density at radius 1 is 1.19 bits per heavy atom. The Bertz CT molecular complexity index is 715. The highest BCUT2D eigenvalue weighted by Gasteiger charge is 2.50. The first-order chi connectivity index (χ1) is 12.5. The molecule has 1 N–H and O–H groups in total. The van der Waals surface area contributed by atoms with E-state index in [9.17, 15) is 14.4 Å². The highest BCUT2D eigenvalue weighted by molar-refractivity contribution is 7.15. The van der Waals surface area contributed by atoms with Gasteiger partial charge in [-0.25, -0.2) is 0 Å². The maximum absolute atomic E-state index is 12.6. The minimum absolute atomic E-state index is 0.248. The van der Waals surface area contributed by atoms with Gasteiger partial charge in [0.05, 0.1) is 11.8 Å². The highest BCUT2D eigenvalue weighted by Crippen LogP contribution is 2.36. The number of carbonyl (C=O) groups excluding carboxylic acids is 3. The molecule has 3 amide bonds. The third-order valence-corrected chi connectivity index (χ3v) is 6.32. The Morgan fingerprint density at radius 2 is 1.77 bits per heavy atom. The number of imide groups is 1. The molecule has 0 bridgehead atoms. The van der Waals surface area contributed by atoms with Crippen LogP contribution >= 0.6 is 11.3 Å². The maximum atomic E-state index is 12.6. The second kappa shape index (κ2) is 7.65. The molecule has 2 aliphatic rings. The fourth-order valence-corrected chi connectivity index (χ4v) is 4.64. The van der Waals surface area contributed by atoms with E-state index in [0.29, 0.717) is 23.9 Å². The van der Waals surface area contributed by atoms with Gasteiger partial charge in [-0.3, -0.25) is 24.6 Å². The van der Waals surface area contributed by atoms with Crippen molar-refractivity contribution in [3.63, 3.8) is 0 Å². The van der Waals surface area contributed by atoms with E-state index in [1.54, 1.807) is 6.92 Å². The molecule has 7 nitrogen and oxygen atoms in total. The van der Waals surface area contributed by atoms with Crippen LogP contribution in [0.2, 0.25) is 0 Å². The number of carbonyl (C=O) groups is 3. The van der Waals surface area contributed by atoms with E-state index in [1.807, 2.05) is 12.2 Å². The van der Waals surface area contributed by atoms with Crippen molar-refractivity contribution < 1.29 is 14.4 Å². The molecular formula is C18H24N4O3S. The lowest BCUT2D eigenvalue weighted by molar-refractivity contribution is -0.146. The van der Waals surface area contributed by atoms with Crippen molar-refractivity contribution in [3.05, 3.63) is 17.2 Å². The van der Waals surface area contributed by atoms with E-state index in [1.165, 1.54) is 11.3 Å². The van der Waals surface area contributed by atoms with Gasteiger partial charge in [-0.2, -0.15) is 0 Å². The summed E-state index contributed by atoms with van der Waals surface area (Å²) >= 11 is 1.35. The van der Waals surface area contributed by atoms with Crippen molar-refractivity contribution in [2.75, 3.05) is 5.32 Å². The van der Waals surface area contributed by atoms with E-state index in [4.69, 9.17) is 0 Å². The highest BCUT2D eigenvalue weighted by atomic mass is 32.1. The summed E-state index contributed by atoms with van der Waals surface area (Å²) in [6, 6.07) is -0.860. The summed E-state index contributed by atoms with van der Waals surface area (Å²) in [7, 11) is 0. The molecule has 1 aliphatic heterocycles. The third kappa shape index (κ3) is 3.30. The van der Waals surface area contributed by atoms with Crippen LogP contribution in [0.1, 0.15) is 57.4 Å². The molecule has 1 aromatic heterocycles. The lowest BCUT2D eigenvalue weighted by atomic mass is 9.85. The number of allylic oxidation sites excluding steroid dienone is 2. The average molecular weight is 376 g/mol. The molecule has 0 radical (unpaired) electrons. The SMILES string of the molecule is CCC(CC)c1nnc(NC(=O)C(C)N2C(=O)C3CC=CCC3C2=O)s1. The summed E-state index contributed by atoms with van der Waals surface area (Å²) in [6.07, 6.45) is 6.92. The van der Waals surface area contributed by atoms with Crippen molar-refractivity contribution in [2.45, 2.75) is 58.4 Å². The monoisotopic (exact) mass is 376 g/mol. The third-order valence-electron chi connectivity index (χ3n) is 5.31. The number of likely N-dealkylation sites (tertiary alicyclic amines) is 1. The van der Waals surface area contributed by atoms with Crippen molar-refractivity contribution >= 4 is 34.2 Å². The molecule has 140 valence electrons. The average Bonchev–Trinajstić information content (AvgIpc) is 3.19. The molecule has 3 rings (SSSR count). The van der Waals surface area contributed by atoms with Crippen molar-refractivity contribution in [2.24, 2.45) is 11.8 Å². The smallest absolute Gasteiger partial charge is 0.249 e. The normalized spacial score (nSPS) is 23.5. The lowest BCUT2D eigenvalue weighted by Crippen LogP contribution is -2.46. The van der Waals surface area contributed by atoms with E-state index in [2.05, 4.69) is 29.4 Å². The molecule has 3 unspecified atom stereocenters. The van der Waals surface area contributed by atoms with Crippen LogP contribution in [0.3, 0.4) is 0 Å². The minimum Gasteiger partial charge on any atom is -0.299 e. The Hall–Kier alpha value is -2.09. The molecule has 0 spiro atoms. The predicted octanol–water partition coefficient (Wildman–Crippen LogP) is 2.72. The summed E-state index contributed by atoms with van der Waals surface area (Å²) in [5, 5.41) is 12.2. The Morgan fingerprint density at radius 3 is 2.31 bits per heavy atom. The van der Waals surface area contributed by atoms with Crippen LogP contribution in [-0.2, 0) is 14.4 Å². The van der Waals surface area contributed by atoms with Gasteiger partial charge in [-0.1, -0.05) is 37.3 Å². The molecule has 1 aliphatic carbocycles. The van der Waals surface area contributed by atoms with Crippen LogP contribution in [0.4, 0.5) is 5.13 Å². The first-order valence-electron chi connectivity index (χ1n) is 9.14. The molecule has 1 aromatic rings. The van der Waals surface area contributed by atoms with Crippen molar-refractivity contribution in [3.8, 4) is 0 Å². The number of hydrogen-bond donors (Lipinski definition) is 1. The summed E-state index contributed by atoms with van der Waals surface area (Å²) in [6.45, 7) is 5.77. The van der Waals surface area contributed by atoms with Crippen molar-refractivity contribution in [1.29, 1.82) is 0 Å². The van der Waals surface area contributed by atoms with Gasteiger partial charge in [0, 0.05) is 5.92 Å². The van der Waals surface area contributed by atoms with Crippen LogP contribution < -0.4 is 5.32 Å². The molecule has 0 saturated carbocycles. The molecule has 0 aromatic carbocycles. The standard InChI is InChI=1S/C18H24N4O3S/c1-4-11(5-2)15-20-21-18(26-15)19-14(23)10(3)22-16(24)12-8-6-7-9-13(12)17(22)25/h6-7,10-13H,4-5,8-9H2,1-3H3,(H,19,21,23). The van der Waals surface area contributed by atoms with Crippen LogP contribution in [-0.4, -0.2) is 38.9 Å². The van der Waals surface area contributed by atoms with Gasteiger partial charge >= 0.3 is 0 Å². The number of nitrogens with one attached hydrogen (secondary N) is 1. The van der Waals surface area contributed by atoms with Gasteiger partial charge in [-0.05, 0) is 32.6 Å². The quantitative estimate of drug-likeness (QED) is 0.609. The van der Waals surface area contributed by atoms with Gasteiger partial charge in [-0.15, -0.1) is 10.2 Å². The van der Waals surface area contributed by atoms with E-state index < -0.39 is 11.9 Å². The fourth-order valence-electron chi connectivity index (χ4n) is 3.62. The zero-order valence-corrected chi connectivity index (χ0v) is 16.1. The molecule has 8 heteroatoms. The summed E-state index contributed by atoms with van der Waals surface area (Å²) in [5.41, 5.74) is 0. The first kappa shape index (κ1) is 18.7. The Kier molecular flexibility index (Phi) is 5.50. The van der Waals surface area contributed by atoms with Crippen LogP contribution in [0.5, 0.6) is 0 Å². The summed E-state index contributed by atoms with van der Waals surface area (Å²) in [4.78, 5) is 38.9. The predicted molar refractivity (Wildman–Crippen MR) is 98.5 cm³/mol. The topological polar surface area (TPSA) is 92.3 Å². The number of anilines is 1. The molecule has 3 atom stereocenters. The van der Waals surface area contributed by atoms with E-state index >= 15 is 0 Å². The number of nitrogens with zero attached hydrogens (tertiary/aromatic N) is 3. The Labute approximate surface area is 156 Å². The van der Waals surface area contributed by atoms with Crippen LogP contribution in [0.25, 0.3) is 0 Å². The van der Waals surface area contributed by atoms with Gasteiger partial charge < -0.3 is 0 Å². The largest absolute Gasteiger partial charge is 0.299 e. The minimum atomic E-state index is -0.860. The Balaban J connectivity index is 1.68. The lowest BCUT2D eigenvalue weighted by Gasteiger charge is -2.21. The first-order valence-corrected chi connectivity index (χ1v) is 9.95. The number of hydrogen-bond acceptors (Lipinski definition) is 6. The van der Waals surface area contributed by atoms with Gasteiger partial charge in [0.25, 0.3) is 0 Å². The fraction of sp³-hybridized carbons (Fsp3) is 0.611. The van der Waals surface area contributed by atoms with E-state index in [0.717, 1.165) is 22.7 Å². The zero-order valence-electron chi connectivity index (χ0n) is 15.3. The van der Waals surface area contributed by atoms with Crippen LogP contribution in [0.15, 0.2) is 12.2 Å². The second-order valence-corrected chi connectivity index (χ2v) is 7.84. The summed E-state index contributed by atoms with van der Waals surface area (Å²) < 4.78 is 0. The molecular weight excluding hydrogens is 352 g/mol. The van der Waals surface area contributed by atoms with Gasteiger partial charge in [0.2, 0.25) is 22.9 Å². The maximum Gasteiger partial charge on any atom is 0.249 e. The molecule has 26 heavy (non-hydrogen) atoms.